The number of aliphatic hydroxyl groups excluding tert-OH is 1. The Bertz CT molecular complexity index is 489. The van der Waals surface area contributed by atoms with Crippen LogP contribution in [0.1, 0.15) is 23.2 Å². The molecule has 2 rings (SSSR count). The van der Waals surface area contributed by atoms with Crippen LogP contribution in [-0.4, -0.2) is 46.5 Å². The van der Waals surface area contributed by atoms with Crippen LogP contribution in [0.3, 0.4) is 0 Å². The van der Waals surface area contributed by atoms with E-state index >= 15 is 0 Å². The summed E-state index contributed by atoms with van der Waals surface area (Å²) < 4.78 is 0. The molecule has 6 nitrogen and oxygen atoms in total. The minimum Gasteiger partial charge on any atom is -0.392 e. The van der Waals surface area contributed by atoms with Crippen LogP contribution in [0.25, 0.3) is 0 Å². The van der Waals surface area contributed by atoms with Crippen molar-refractivity contribution in [1.29, 1.82) is 0 Å². The first-order valence-corrected chi connectivity index (χ1v) is 6.24. The third-order valence-electron chi connectivity index (χ3n) is 3.23. The molecular weight excluding hydrogens is 248 g/mol. The second-order valence-corrected chi connectivity index (χ2v) is 4.76. The third-order valence-corrected chi connectivity index (χ3v) is 3.23. The van der Waals surface area contributed by atoms with E-state index in [1.54, 1.807) is 6.07 Å². The van der Waals surface area contributed by atoms with Crippen molar-refractivity contribution in [2.24, 2.45) is 0 Å². The van der Waals surface area contributed by atoms with Crippen LogP contribution >= 0.6 is 0 Å². The Kier molecular flexibility index (Phi) is 4.24. The minimum absolute atomic E-state index is 0.0791. The second-order valence-electron chi connectivity index (χ2n) is 4.76. The number of Topliss-reactive ketones (excluding diaryl/α,β-unsaturated/α-hetero) is 1. The van der Waals surface area contributed by atoms with E-state index in [0.717, 1.165) is 19.4 Å². The first-order valence-electron chi connectivity index (χ1n) is 6.24. The average Bonchev–Trinajstić information content (AvgIpc) is 2.39. The lowest BCUT2D eigenvalue weighted by molar-refractivity contribution is -0.384. The van der Waals surface area contributed by atoms with E-state index in [0.29, 0.717) is 12.1 Å². The smallest absolute Gasteiger partial charge is 0.270 e. The number of carbonyl (C=O) groups is 1. The van der Waals surface area contributed by atoms with Gasteiger partial charge in [-0.1, -0.05) is 12.1 Å². The average molecular weight is 264 g/mol. The summed E-state index contributed by atoms with van der Waals surface area (Å²) in [6, 6.07) is 5.75. The van der Waals surface area contributed by atoms with Crippen LogP contribution in [0.2, 0.25) is 0 Å². The molecule has 1 atom stereocenters. The number of nitro groups is 1. The van der Waals surface area contributed by atoms with E-state index in [1.165, 1.54) is 18.2 Å². The zero-order chi connectivity index (χ0) is 13.8. The van der Waals surface area contributed by atoms with E-state index in [-0.39, 0.29) is 24.1 Å². The number of piperidine rings is 1. The molecule has 19 heavy (non-hydrogen) atoms. The summed E-state index contributed by atoms with van der Waals surface area (Å²) in [6.07, 6.45) is 1.25. The van der Waals surface area contributed by atoms with Crippen LogP contribution in [0.15, 0.2) is 24.3 Å². The fourth-order valence-electron chi connectivity index (χ4n) is 2.26. The number of hydrogen-bond donors (Lipinski definition) is 1. The first kappa shape index (κ1) is 13.6. The zero-order valence-electron chi connectivity index (χ0n) is 10.5. The lowest BCUT2D eigenvalue weighted by Gasteiger charge is -2.29. The molecule has 6 heteroatoms. The summed E-state index contributed by atoms with van der Waals surface area (Å²) in [5.74, 6) is -0.155. The third kappa shape index (κ3) is 3.59. The van der Waals surface area contributed by atoms with Crippen molar-refractivity contribution in [3.63, 3.8) is 0 Å². The normalized spacial score (nSPS) is 20.2. The predicted molar refractivity (Wildman–Crippen MR) is 69.1 cm³/mol. The Morgan fingerprint density at radius 1 is 1.53 bits per heavy atom. The van der Waals surface area contributed by atoms with Crippen molar-refractivity contribution >= 4 is 11.5 Å². The molecule has 0 bridgehead atoms. The molecule has 1 unspecified atom stereocenters. The molecule has 0 aromatic heterocycles. The number of nitrogens with zero attached hydrogens (tertiary/aromatic N) is 2. The second kappa shape index (κ2) is 5.90. The molecule has 0 radical (unpaired) electrons. The molecule has 1 aliphatic rings. The molecule has 1 saturated heterocycles. The number of nitro benzene ring substituents is 1. The molecule has 1 aromatic rings. The highest BCUT2D eigenvalue weighted by Crippen LogP contribution is 2.15. The number of β-amino-alcohol motifs (C(OH)–C–C–N with tert-alkyl or cyclic N) is 1. The van der Waals surface area contributed by atoms with Crippen LogP contribution < -0.4 is 0 Å². The molecule has 1 heterocycles. The largest absolute Gasteiger partial charge is 0.392 e. The number of hydrogen-bond acceptors (Lipinski definition) is 5. The first-order chi connectivity index (χ1) is 9.06. The molecular formula is C13H16N2O4. The highest BCUT2D eigenvalue weighted by atomic mass is 16.6. The fourth-order valence-corrected chi connectivity index (χ4v) is 2.26. The number of likely N-dealkylation sites (tertiary alicyclic amines) is 1. The lowest BCUT2D eigenvalue weighted by atomic mass is 10.1. The van der Waals surface area contributed by atoms with Gasteiger partial charge in [-0.25, -0.2) is 0 Å². The summed E-state index contributed by atoms with van der Waals surface area (Å²) >= 11 is 0. The van der Waals surface area contributed by atoms with Crippen molar-refractivity contribution in [2.45, 2.75) is 18.9 Å². The van der Waals surface area contributed by atoms with E-state index in [9.17, 15) is 20.0 Å². The number of aliphatic hydroxyl groups is 1. The van der Waals surface area contributed by atoms with E-state index in [4.69, 9.17) is 0 Å². The van der Waals surface area contributed by atoms with E-state index < -0.39 is 4.92 Å². The lowest BCUT2D eigenvalue weighted by Crippen LogP contribution is -2.41. The summed E-state index contributed by atoms with van der Waals surface area (Å²) in [5, 5.41) is 20.2. The molecule has 102 valence electrons. The van der Waals surface area contributed by atoms with Gasteiger partial charge >= 0.3 is 0 Å². The molecule has 0 spiro atoms. The SMILES string of the molecule is O=C(CN1CCCC(O)C1)c1cccc([N+](=O)[O-])c1. The van der Waals surface area contributed by atoms with Gasteiger partial charge in [-0.05, 0) is 19.4 Å². The van der Waals surface area contributed by atoms with Gasteiger partial charge in [-0.3, -0.25) is 19.8 Å². The van der Waals surface area contributed by atoms with Crippen molar-refractivity contribution in [3.05, 3.63) is 39.9 Å². The molecule has 1 fully saturated rings. The van der Waals surface area contributed by atoms with Crippen LogP contribution in [0, 0.1) is 10.1 Å². The van der Waals surface area contributed by atoms with Gasteiger partial charge in [0.1, 0.15) is 0 Å². The maximum atomic E-state index is 12.0. The number of rotatable bonds is 4. The zero-order valence-corrected chi connectivity index (χ0v) is 10.5. The molecule has 1 aromatic carbocycles. The maximum Gasteiger partial charge on any atom is 0.270 e. The number of ketones is 1. The Labute approximate surface area is 110 Å². The topological polar surface area (TPSA) is 83.7 Å². The van der Waals surface area contributed by atoms with Gasteiger partial charge < -0.3 is 5.11 Å². The Morgan fingerprint density at radius 3 is 3.00 bits per heavy atom. The molecule has 1 aliphatic heterocycles. The van der Waals surface area contributed by atoms with Gasteiger partial charge in [0.25, 0.3) is 5.69 Å². The monoisotopic (exact) mass is 264 g/mol. The number of benzene rings is 1. The predicted octanol–water partition coefficient (Wildman–Crippen LogP) is 1.23. The molecule has 0 aliphatic carbocycles. The molecule has 0 amide bonds. The number of carbonyl (C=O) groups excluding carboxylic acids is 1. The van der Waals surface area contributed by atoms with Gasteiger partial charge in [-0.2, -0.15) is 0 Å². The van der Waals surface area contributed by atoms with Crippen molar-refractivity contribution in [2.75, 3.05) is 19.6 Å². The van der Waals surface area contributed by atoms with E-state index in [2.05, 4.69) is 0 Å². The molecule has 1 N–H and O–H groups in total. The quantitative estimate of drug-likeness (QED) is 0.502. The molecule has 0 saturated carbocycles. The summed E-state index contributed by atoms with van der Waals surface area (Å²) in [4.78, 5) is 24.1. The van der Waals surface area contributed by atoms with Crippen LogP contribution in [-0.2, 0) is 0 Å². The standard InChI is InChI=1S/C13H16N2O4/c16-12-5-2-6-14(8-12)9-13(17)10-3-1-4-11(7-10)15(18)19/h1,3-4,7,12,16H,2,5-6,8-9H2. The summed E-state index contributed by atoms with van der Waals surface area (Å²) in [5.41, 5.74) is 0.263. The highest BCUT2D eigenvalue weighted by Gasteiger charge is 2.21. The van der Waals surface area contributed by atoms with Crippen LogP contribution in [0.4, 0.5) is 5.69 Å². The van der Waals surface area contributed by atoms with Crippen molar-refractivity contribution in [3.8, 4) is 0 Å². The van der Waals surface area contributed by atoms with Crippen LogP contribution in [0.5, 0.6) is 0 Å². The number of non-ortho nitro benzene ring substituents is 1. The highest BCUT2D eigenvalue weighted by molar-refractivity contribution is 5.98. The summed E-state index contributed by atoms with van der Waals surface area (Å²) in [7, 11) is 0. The van der Waals surface area contributed by atoms with Gasteiger partial charge in [0.05, 0.1) is 17.6 Å². The Balaban J connectivity index is 2.03. The summed E-state index contributed by atoms with van der Waals surface area (Å²) in [6.45, 7) is 1.45. The minimum atomic E-state index is -0.512. The van der Waals surface area contributed by atoms with Gasteiger partial charge in [0.2, 0.25) is 0 Å². The van der Waals surface area contributed by atoms with E-state index in [1.807, 2.05) is 4.90 Å². The Morgan fingerprint density at radius 2 is 2.32 bits per heavy atom. The Hall–Kier alpha value is -1.79. The van der Waals surface area contributed by atoms with Crippen molar-refractivity contribution < 1.29 is 14.8 Å². The van der Waals surface area contributed by atoms with Gasteiger partial charge in [0, 0.05) is 24.2 Å². The van der Waals surface area contributed by atoms with Crippen molar-refractivity contribution in [1.82, 2.24) is 4.90 Å². The van der Waals surface area contributed by atoms with Gasteiger partial charge in [0.15, 0.2) is 5.78 Å². The fraction of sp³-hybridized carbons (Fsp3) is 0.462. The van der Waals surface area contributed by atoms with Gasteiger partial charge in [-0.15, -0.1) is 0 Å². The maximum absolute atomic E-state index is 12.0.